The molecule has 2 N–H and O–H groups in total. The minimum Gasteiger partial charge on any atom is -0.366 e. The van der Waals surface area contributed by atoms with Crippen molar-refractivity contribution in [3.63, 3.8) is 0 Å². The van der Waals surface area contributed by atoms with Gasteiger partial charge in [0.05, 0.1) is 5.69 Å². The minimum absolute atomic E-state index is 0.0397. The van der Waals surface area contributed by atoms with Crippen molar-refractivity contribution in [1.29, 1.82) is 0 Å². The Morgan fingerprint density at radius 3 is 2.72 bits per heavy atom. The Labute approximate surface area is 217 Å². The van der Waals surface area contributed by atoms with Crippen molar-refractivity contribution in [3.05, 3.63) is 71.4 Å². The molecule has 36 heavy (non-hydrogen) atoms. The molecule has 0 bridgehead atoms. The Morgan fingerprint density at radius 2 is 1.89 bits per heavy atom. The molecule has 0 atom stereocenters. The molecule has 1 amide bonds. The van der Waals surface area contributed by atoms with Gasteiger partial charge in [0.1, 0.15) is 13.7 Å². The van der Waals surface area contributed by atoms with Crippen molar-refractivity contribution in [2.75, 3.05) is 30.3 Å². The number of carbonyl (C=O) groups is 1. The van der Waals surface area contributed by atoms with Crippen molar-refractivity contribution < 1.29 is 4.79 Å². The molecule has 0 aliphatic carbocycles. The summed E-state index contributed by atoms with van der Waals surface area (Å²) in [5.74, 6) is 0.778. The van der Waals surface area contributed by atoms with Crippen LogP contribution >= 0.6 is 11.6 Å². The van der Waals surface area contributed by atoms with Crippen LogP contribution in [0.1, 0.15) is 31.2 Å². The number of benzene rings is 2. The molecule has 4 aromatic rings. The zero-order valence-electron chi connectivity index (χ0n) is 20.1. The standard InChI is InChI=1S/C27H28BClN6O/c28-22-18-31-35-25(16-24(33-27(22)35)21-9-2-3-10-23(21)29)30-17-19-7-6-8-20(15-19)32-26(36)11-14-34-12-4-1-5-13-34/h2-3,6-10,15-16,18,30H,1,4-5,11-14,17H2,(H,32,36). The zero-order chi connectivity index (χ0) is 24.9. The lowest BCUT2D eigenvalue weighted by Crippen LogP contribution is -2.32. The number of nitrogens with zero attached hydrogens (tertiary/aromatic N) is 4. The third kappa shape index (κ3) is 5.72. The number of anilines is 2. The fourth-order valence-electron chi connectivity index (χ4n) is 4.53. The summed E-state index contributed by atoms with van der Waals surface area (Å²) in [4.78, 5) is 19.6. The maximum absolute atomic E-state index is 12.5. The van der Waals surface area contributed by atoms with Gasteiger partial charge in [0, 0.05) is 48.0 Å². The third-order valence-electron chi connectivity index (χ3n) is 6.44. The zero-order valence-corrected chi connectivity index (χ0v) is 20.8. The van der Waals surface area contributed by atoms with Crippen LogP contribution in [-0.2, 0) is 11.3 Å². The number of piperidine rings is 1. The first-order valence-corrected chi connectivity index (χ1v) is 12.7. The Bertz CT molecular complexity index is 1370. The predicted octanol–water partition coefficient (Wildman–Crippen LogP) is 4.27. The first kappa shape index (κ1) is 24.3. The van der Waals surface area contributed by atoms with E-state index in [0.717, 1.165) is 42.3 Å². The molecule has 3 heterocycles. The molecular formula is C27H28BClN6O. The summed E-state index contributed by atoms with van der Waals surface area (Å²) in [5, 5.41) is 11.5. The molecule has 5 rings (SSSR count). The number of fused-ring (bicyclic) bond motifs is 1. The molecule has 0 unspecified atom stereocenters. The van der Waals surface area contributed by atoms with Crippen LogP contribution in [0, 0.1) is 0 Å². The summed E-state index contributed by atoms with van der Waals surface area (Å²) in [6.45, 7) is 3.53. The van der Waals surface area contributed by atoms with Crippen LogP contribution in [0.3, 0.4) is 0 Å². The molecule has 7 nitrogen and oxygen atoms in total. The van der Waals surface area contributed by atoms with E-state index in [1.54, 1.807) is 10.7 Å². The lowest BCUT2D eigenvalue weighted by molar-refractivity contribution is -0.116. The van der Waals surface area contributed by atoms with Gasteiger partial charge in [-0.15, -0.1) is 0 Å². The average molecular weight is 499 g/mol. The summed E-state index contributed by atoms with van der Waals surface area (Å²) in [6.07, 6.45) is 5.84. The molecule has 1 fully saturated rings. The summed E-state index contributed by atoms with van der Waals surface area (Å²) in [7, 11) is 6.13. The van der Waals surface area contributed by atoms with Gasteiger partial charge in [-0.3, -0.25) is 4.79 Å². The van der Waals surface area contributed by atoms with E-state index in [1.807, 2.05) is 54.6 Å². The van der Waals surface area contributed by atoms with Gasteiger partial charge < -0.3 is 15.5 Å². The quantitative estimate of drug-likeness (QED) is 0.355. The molecular weight excluding hydrogens is 471 g/mol. The van der Waals surface area contributed by atoms with Crippen molar-refractivity contribution in [3.8, 4) is 11.3 Å². The van der Waals surface area contributed by atoms with E-state index in [4.69, 9.17) is 19.4 Å². The number of nitrogens with one attached hydrogen (secondary N) is 2. The number of likely N-dealkylation sites (tertiary alicyclic amines) is 1. The highest BCUT2D eigenvalue weighted by Gasteiger charge is 2.14. The normalized spacial score (nSPS) is 14.1. The number of hydrogen-bond acceptors (Lipinski definition) is 5. The summed E-state index contributed by atoms with van der Waals surface area (Å²) < 4.78 is 1.68. The molecule has 182 valence electrons. The lowest BCUT2D eigenvalue weighted by Gasteiger charge is -2.25. The van der Waals surface area contributed by atoms with Gasteiger partial charge in [0.15, 0.2) is 5.65 Å². The van der Waals surface area contributed by atoms with Gasteiger partial charge in [-0.05, 0) is 55.2 Å². The summed E-state index contributed by atoms with van der Waals surface area (Å²) >= 11 is 6.42. The lowest BCUT2D eigenvalue weighted by atomic mass is 10.0. The van der Waals surface area contributed by atoms with E-state index in [0.29, 0.717) is 34.8 Å². The van der Waals surface area contributed by atoms with Gasteiger partial charge in [-0.1, -0.05) is 48.4 Å². The summed E-state index contributed by atoms with van der Waals surface area (Å²) in [6, 6.07) is 17.3. The molecule has 1 aliphatic heterocycles. The highest BCUT2D eigenvalue weighted by molar-refractivity contribution is 6.36. The minimum atomic E-state index is 0.0397. The van der Waals surface area contributed by atoms with Gasteiger partial charge in [-0.25, -0.2) is 4.98 Å². The van der Waals surface area contributed by atoms with Gasteiger partial charge in [0.2, 0.25) is 5.91 Å². The van der Waals surface area contributed by atoms with E-state index < -0.39 is 0 Å². The van der Waals surface area contributed by atoms with Crippen molar-refractivity contribution in [2.45, 2.75) is 32.2 Å². The number of carbonyl (C=O) groups excluding carboxylic acids is 1. The van der Waals surface area contributed by atoms with Crippen LogP contribution in [-0.4, -0.2) is 52.9 Å². The number of halogens is 1. The number of hydrogen-bond donors (Lipinski definition) is 2. The largest absolute Gasteiger partial charge is 0.366 e. The molecule has 2 aromatic heterocycles. The van der Waals surface area contributed by atoms with Gasteiger partial charge >= 0.3 is 0 Å². The highest BCUT2D eigenvalue weighted by atomic mass is 35.5. The molecule has 1 aliphatic rings. The predicted molar refractivity (Wildman–Crippen MR) is 146 cm³/mol. The maximum Gasteiger partial charge on any atom is 0.225 e. The Balaban J connectivity index is 1.28. The first-order chi connectivity index (χ1) is 17.6. The van der Waals surface area contributed by atoms with Crippen molar-refractivity contribution >= 4 is 48.0 Å². The van der Waals surface area contributed by atoms with Gasteiger partial charge in [-0.2, -0.15) is 9.61 Å². The fourth-order valence-corrected chi connectivity index (χ4v) is 4.76. The van der Waals surface area contributed by atoms with E-state index in [2.05, 4.69) is 25.6 Å². The van der Waals surface area contributed by atoms with Crippen molar-refractivity contribution in [1.82, 2.24) is 19.5 Å². The maximum atomic E-state index is 12.5. The van der Waals surface area contributed by atoms with E-state index in [9.17, 15) is 4.79 Å². The monoisotopic (exact) mass is 498 g/mol. The first-order valence-electron chi connectivity index (χ1n) is 12.3. The molecule has 0 saturated carbocycles. The SMILES string of the molecule is [B]c1cnn2c(NCc3cccc(NC(=O)CCN4CCCCC4)c3)cc(-c3ccccc3Cl)nc12. The molecule has 0 spiro atoms. The third-order valence-corrected chi connectivity index (χ3v) is 6.77. The van der Waals surface area contributed by atoms with E-state index >= 15 is 0 Å². The van der Waals surface area contributed by atoms with Crippen LogP contribution in [0.15, 0.2) is 60.8 Å². The fraction of sp³-hybridized carbons (Fsp3) is 0.296. The Kier molecular flexibility index (Phi) is 7.53. The van der Waals surface area contributed by atoms with E-state index in [1.165, 1.54) is 19.3 Å². The smallest absolute Gasteiger partial charge is 0.225 e. The number of aromatic nitrogens is 3. The van der Waals surface area contributed by atoms with Crippen LogP contribution in [0.25, 0.3) is 16.9 Å². The van der Waals surface area contributed by atoms with Crippen molar-refractivity contribution in [2.24, 2.45) is 0 Å². The Hall–Kier alpha value is -3.36. The van der Waals surface area contributed by atoms with Crippen LogP contribution < -0.4 is 16.1 Å². The molecule has 1 saturated heterocycles. The average Bonchev–Trinajstić information content (AvgIpc) is 3.28. The van der Waals surface area contributed by atoms with E-state index in [-0.39, 0.29) is 5.91 Å². The molecule has 2 radical (unpaired) electrons. The van der Waals surface area contributed by atoms with Crippen LogP contribution in [0.5, 0.6) is 0 Å². The highest BCUT2D eigenvalue weighted by Crippen LogP contribution is 2.28. The molecule has 9 heteroatoms. The number of amides is 1. The number of rotatable bonds is 8. The van der Waals surface area contributed by atoms with Crippen LogP contribution in [0.4, 0.5) is 11.5 Å². The second kappa shape index (κ2) is 11.1. The second-order valence-electron chi connectivity index (χ2n) is 9.10. The topological polar surface area (TPSA) is 74.6 Å². The van der Waals surface area contributed by atoms with Crippen LogP contribution in [0.2, 0.25) is 5.02 Å². The second-order valence-corrected chi connectivity index (χ2v) is 9.50. The summed E-state index contributed by atoms with van der Waals surface area (Å²) in [5.41, 5.74) is 4.38. The van der Waals surface area contributed by atoms with Gasteiger partial charge in [0.25, 0.3) is 0 Å². The Morgan fingerprint density at radius 1 is 1.06 bits per heavy atom. The molecule has 2 aromatic carbocycles.